The summed E-state index contributed by atoms with van der Waals surface area (Å²) >= 11 is 0. The quantitative estimate of drug-likeness (QED) is 0.799. The van der Waals surface area contributed by atoms with E-state index in [1.165, 1.54) is 5.56 Å². The second kappa shape index (κ2) is 8.44. The number of carboxylic acids is 1. The van der Waals surface area contributed by atoms with Crippen LogP contribution in [-0.2, 0) is 11.3 Å². The molecule has 0 bridgehead atoms. The lowest BCUT2D eigenvalue weighted by molar-refractivity contribution is -0.133. The molecule has 0 aliphatic rings. The van der Waals surface area contributed by atoms with Crippen molar-refractivity contribution in [3.8, 4) is 0 Å². The van der Waals surface area contributed by atoms with Crippen LogP contribution in [0.15, 0.2) is 42.5 Å². The molecule has 100 valence electrons. The standard InChI is InChI=1S/C7H13NO2.C7H9N/c1-5(7(9)10)6(2)8(3)4;8-6-7-4-2-1-3-5-7/h6H,1H2,2-4H3,(H,9,10);1-5H,6,8H2. The average molecular weight is 250 g/mol. The monoisotopic (exact) mass is 250 g/mol. The smallest absolute Gasteiger partial charge is 0.332 e. The Morgan fingerprint density at radius 2 is 1.89 bits per heavy atom. The van der Waals surface area contributed by atoms with Crippen molar-refractivity contribution in [2.75, 3.05) is 14.1 Å². The molecule has 0 heterocycles. The molecule has 0 saturated heterocycles. The molecule has 0 fully saturated rings. The van der Waals surface area contributed by atoms with Gasteiger partial charge in [-0.2, -0.15) is 0 Å². The normalized spacial score (nSPS) is 11.4. The third-order valence-corrected chi connectivity index (χ3v) is 2.63. The van der Waals surface area contributed by atoms with Gasteiger partial charge in [-0.25, -0.2) is 4.79 Å². The summed E-state index contributed by atoms with van der Waals surface area (Å²) in [5.41, 5.74) is 6.76. The van der Waals surface area contributed by atoms with Gasteiger partial charge in [0.1, 0.15) is 0 Å². The molecule has 1 aromatic carbocycles. The Kier molecular flexibility index (Phi) is 7.67. The highest BCUT2D eigenvalue weighted by molar-refractivity contribution is 5.87. The molecule has 1 aromatic rings. The fourth-order valence-electron chi connectivity index (χ4n) is 1.10. The predicted octanol–water partition coefficient (Wildman–Crippen LogP) is 1.72. The first kappa shape index (κ1) is 16.4. The summed E-state index contributed by atoms with van der Waals surface area (Å²) in [5, 5.41) is 8.48. The predicted molar refractivity (Wildman–Crippen MR) is 74.3 cm³/mol. The Balaban J connectivity index is 0.000000327. The zero-order valence-electron chi connectivity index (χ0n) is 11.3. The molecule has 4 nitrogen and oxygen atoms in total. The van der Waals surface area contributed by atoms with E-state index in [1.54, 1.807) is 11.8 Å². The minimum Gasteiger partial charge on any atom is -0.478 e. The second-order valence-electron chi connectivity index (χ2n) is 4.16. The van der Waals surface area contributed by atoms with Crippen LogP contribution in [0.1, 0.15) is 12.5 Å². The van der Waals surface area contributed by atoms with Crippen LogP contribution >= 0.6 is 0 Å². The number of carboxylic acid groups (broad SMARTS) is 1. The molecule has 1 unspecified atom stereocenters. The summed E-state index contributed by atoms with van der Waals surface area (Å²) in [6.07, 6.45) is 0. The molecular weight excluding hydrogens is 228 g/mol. The van der Waals surface area contributed by atoms with Crippen molar-refractivity contribution < 1.29 is 9.90 Å². The first-order valence-corrected chi connectivity index (χ1v) is 5.72. The second-order valence-corrected chi connectivity index (χ2v) is 4.16. The number of nitrogens with two attached hydrogens (primary N) is 1. The first-order valence-electron chi connectivity index (χ1n) is 5.72. The summed E-state index contributed by atoms with van der Waals surface area (Å²) in [5.74, 6) is -0.929. The lowest BCUT2D eigenvalue weighted by Crippen LogP contribution is -2.29. The van der Waals surface area contributed by atoms with E-state index in [4.69, 9.17) is 10.8 Å². The molecule has 0 radical (unpaired) electrons. The zero-order valence-corrected chi connectivity index (χ0v) is 11.3. The van der Waals surface area contributed by atoms with E-state index in [0.29, 0.717) is 6.54 Å². The van der Waals surface area contributed by atoms with Gasteiger partial charge in [-0.15, -0.1) is 0 Å². The molecule has 0 aliphatic heterocycles. The van der Waals surface area contributed by atoms with Crippen LogP contribution < -0.4 is 5.73 Å². The Hall–Kier alpha value is -1.65. The average Bonchev–Trinajstić information content (AvgIpc) is 2.38. The Morgan fingerprint density at radius 1 is 1.39 bits per heavy atom. The Bertz CT molecular complexity index is 375. The summed E-state index contributed by atoms with van der Waals surface area (Å²) in [6, 6.07) is 9.89. The number of hydrogen-bond donors (Lipinski definition) is 2. The van der Waals surface area contributed by atoms with Gasteiger partial charge in [0.05, 0.1) is 0 Å². The highest BCUT2D eigenvalue weighted by Gasteiger charge is 2.14. The van der Waals surface area contributed by atoms with Crippen molar-refractivity contribution in [1.82, 2.24) is 4.90 Å². The van der Waals surface area contributed by atoms with E-state index in [-0.39, 0.29) is 11.6 Å². The maximum absolute atomic E-state index is 10.3. The van der Waals surface area contributed by atoms with Gasteiger partial charge in [0.25, 0.3) is 0 Å². The number of rotatable bonds is 4. The molecule has 1 rings (SSSR count). The van der Waals surface area contributed by atoms with Gasteiger partial charge < -0.3 is 15.7 Å². The molecule has 0 saturated carbocycles. The number of aliphatic carboxylic acids is 1. The fourth-order valence-corrected chi connectivity index (χ4v) is 1.10. The van der Waals surface area contributed by atoms with Crippen LogP contribution in [0.4, 0.5) is 0 Å². The Morgan fingerprint density at radius 3 is 2.11 bits per heavy atom. The fraction of sp³-hybridized carbons (Fsp3) is 0.357. The minimum atomic E-state index is -0.929. The largest absolute Gasteiger partial charge is 0.478 e. The maximum atomic E-state index is 10.3. The third kappa shape index (κ3) is 6.18. The topological polar surface area (TPSA) is 66.6 Å². The lowest BCUT2D eigenvalue weighted by atomic mass is 10.1. The highest BCUT2D eigenvalue weighted by Crippen LogP contribution is 2.03. The van der Waals surface area contributed by atoms with Crippen molar-refractivity contribution in [2.45, 2.75) is 19.5 Å². The number of likely N-dealkylation sites (N-methyl/N-ethyl adjacent to an activating group) is 1. The molecule has 4 heteroatoms. The zero-order chi connectivity index (χ0) is 14.1. The highest BCUT2D eigenvalue weighted by atomic mass is 16.4. The van der Waals surface area contributed by atoms with E-state index >= 15 is 0 Å². The van der Waals surface area contributed by atoms with Gasteiger partial charge in [-0.3, -0.25) is 0 Å². The summed E-state index contributed by atoms with van der Waals surface area (Å²) in [7, 11) is 3.64. The first-order chi connectivity index (χ1) is 8.40. The third-order valence-electron chi connectivity index (χ3n) is 2.63. The molecular formula is C14H22N2O2. The number of nitrogens with zero attached hydrogens (tertiary/aromatic N) is 1. The van der Waals surface area contributed by atoms with Crippen LogP contribution in [-0.4, -0.2) is 36.1 Å². The molecule has 3 N–H and O–H groups in total. The van der Waals surface area contributed by atoms with E-state index in [0.717, 1.165) is 0 Å². The van der Waals surface area contributed by atoms with E-state index in [1.807, 2.05) is 44.4 Å². The van der Waals surface area contributed by atoms with Crippen molar-refractivity contribution >= 4 is 5.97 Å². The maximum Gasteiger partial charge on any atom is 0.332 e. The van der Waals surface area contributed by atoms with Crippen LogP contribution in [0.5, 0.6) is 0 Å². The van der Waals surface area contributed by atoms with E-state index in [2.05, 4.69) is 6.58 Å². The van der Waals surface area contributed by atoms with Gasteiger partial charge in [-0.05, 0) is 26.6 Å². The van der Waals surface area contributed by atoms with Crippen LogP contribution in [0.25, 0.3) is 0 Å². The van der Waals surface area contributed by atoms with Gasteiger partial charge in [-0.1, -0.05) is 36.9 Å². The molecule has 18 heavy (non-hydrogen) atoms. The SMILES string of the molecule is C=C(C(=O)O)C(C)N(C)C.NCc1ccccc1. The summed E-state index contributed by atoms with van der Waals surface area (Å²) < 4.78 is 0. The summed E-state index contributed by atoms with van der Waals surface area (Å²) in [4.78, 5) is 12.1. The van der Waals surface area contributed by atoms with Crippen molar-refractivity contribution in [1.29, 1.82) is 0 Å². The molecule has 0 spiro atoms. The number of hydrogen-bond acceptors (Lipinski definition) is 3. The van der Waals surface area contributed by atoms with Crippen molar-refractivity contribution in [3.05, 3.63) is 48.0 Å². The molecule has 0 amide bonds. The van der Waals surface area contributed by atoms with E-state index in [9.17, 15) is 4.79 Å². The summed E-state index contributed by atoms with van der Waals surface area (Å²) in [6.45, 7) is 5.88. The van der Waals surface area contributed by atoms with Gasteiger partial charge in [0.2, 0.25) is 0 Å². The number of carbonyl (C=O) groups is 1. The van der Waals surface area contributed by atoms with E-state index < -0.39 is 5.97 Å². The van der Waals surface area contributed by atoms with Crippen LogP contribution in [0.3, 0.4) is 0 Å². The lowest BCUT2D eigenvalue weighted by Gasteiger charge is -2.18. The van der Waals surface area contributed by atoms with Gasteiger partial charge >= 0.3 is 5.97 Å². The van der Waals surface area contributed by atoms with Gasteiger partial charge in [0, 0.05) is 18.2 Å². The molecule has 0 aromatic heterocycles. The minimum absolute atomic E-state index is 0.0995. The molecule has 1 atom stereocenters. The number of benzene rings is 1. The Labute approximate surface area is 109 Å². The molecule has 0 aliphatic carbocycles. The van der Waals surface area contributed by atoms with Crippen LogP contribution in [0.2, 0.25) is 0 Å². The van der Waals surface area contributed by atoms with Crippen molar-refractivity contribution in [2.24, 2.45) is 5.73 Å². The van der Waals surface area contributed by atoms with Gasteiger partial charge in [0.15, 0.2) is 0 Å². The van der Waals surface area contributed by atoms with Crippen molar-refractivity contribution in [3.63, 3.8) is 0 Å². The van der Waals surface area contributed by atoms with Crippen LogP contribution in [0, 0.1) is 0 Å².